The normalized spacial score (nSPS) is 23.4. The fourth-order valence-electron chi connectivity index (χ4n) is 11.1. The van der Waals surface area contributed by atoms with Crippen LogP contribution in [0, 0.1) is 23.6 Å². The number of carbonyl (C=O) groups excluding carboxylic acids is 6. The van der Waals surface area contributed by atoms with Crippen LogP contribution in [0.1, 0.15) is 103 Å². The number of carbonyl (C=O) groups is 6. The van der Waals surface area contributed by atoms with Crippen molar-refractivity contribution >= 4 is 58.1 Å². The molecule has 0 spiro atoms. The minimum Gasteiger partial charge on any atom is -0.369 e. The molecule has 1 aliphatic carbocycles. The molecule has 67 heavy (non-hydrogen) atoms. The van der Waals surface area contributed by atoms with Gasteiger partial charge in [0.05, 0.1) is 29.6 Å². The number of nitrogens with one attached hydrogen (secondary N) is 3. The molecule has 0 bridgehead atoms. The number of aromatic nitrogens is 4. The number of piperidine rings is 4. The maximum atomic E-state index is 15.5. The first-order valence-corrected chi connectivity index (χ1v) is 24.1. The molecule has 2 aromatic carbocycles. The highest BCUT2D eigenvalue weighted by Gasteiger charge is 2.46. The van der Waals surface area contributed by atoms with Crippen LogP contribution in [-0.2, 0) is 25.6 Å². The van der Waals surface area contributed by atoms with Gasteiger partial charge < -0.3 is 29.9 Å². The number of likely N-dealkylation sites (tertiary alicyclic amines) is 2. The number of anilines is 2. The van der Waals surface area contributed by atoms with E-state index in [1.54, 1.807) is 6.33 Å². The molecular weight excluding hydrogens is 858 g/mol. The summed E-state index contributed by atoms with van der Waals surface area (Å²) in [4.78, 5) is 97.9. The summed E-state index contributed by atoms with van der Waals surface area (Å²) in [6, 6.07) is 11.5. The van der Waals surface area contributed by atoms with Crippen molar-refractivity contribution in [2.75, 3.05) is 62.6 Å². The number of hydrogen-bond donors (Lipinski definition) is 3. The third kappa shape index (κ3) is 9.36. The van der Waals surface area contributed by atoms with E-state index in [-0.39, 0.29) is 59.5 Å². The Kier molecular flexibility index (Phi) is 12.7. The summed E-state index contributed by atoms with van der Waals surface area (Å²) in [7, 11) is 0. The Hall–Kier alpha value is -6.30. The molecule has 2 aromatic heterocycles. The Morgan fingerprint density at radius 2 is 1.52 bits per heavy atom. The Bertz CT molecular complexity index is 2540. The molecule has 10 rings (SSSR count). The molecule has 0 radical (unpaired) electrons. The molecule has 4 aromatic rings. The summed E-state index contributed by atoms with van der Waals surface area (Å²) in [6.07, 6.45) is 12.0. The molecule has 4 saturated heterocycles. The second-order valence-corrected chi connectivity index (χ2v) is 19.4. The third-order valence-corrected chi connectivity index (χ3v) is 15.1. The summed E-state index contributed by atoms with van der Waals surface area (Å²) in [5, 5.41) is 8.89. The Morgan fingerprint density at radius 1 is 0.806 bits per heavy atom. The average Bonchev–Trinajstić information content (AvgIpc) is 3.85. The number of imide groups is 2. The predicted molar refractivity (Wildman–Crippen MR) is 245 cm³/mol. The van der Waals surface area contributed by atoms with Gasteiger partial charge in [0.15, 0.2) is 11.5 Å². The smallest absolute Gasteiger partial charge is 0.262 e. The van der Waals surface area contributed by atoms with Crippen molar-refractivity contribution in [3.8, 4) is 0 Å². The Morgan fingerprint density at radius 3 is 2.25 bits per heavy atom. The molecule has 6 amide bonds. The van der Waals surface area contributed by atoms with Crippen molar-refractivity contribution in [2.45, 2.75) is 95.2 Å². The highest BCUT2D eigenvalue weighted by molar-refractivity contribution is 6.23. The lowest BCUT2D eigenvalue weighted by Gasteiger charge is -2.40. The molecular formula is C49H58FN11O6. The summed E-state index contributed by atoms with van der Waals surface area (Å²) in [6.45, 7) is 6.38. The summed E-state index contributed by atoms with van der Waals surface area (Å²) < 4.78 is 17.6. The standard InChI is InChI=1S/C49H58FN11O6/c50-38-25-36-37(49(67)61(48(36)66)39-6-7-41(62)56-46(39)64)26-40(38)58-20-13-33(14-21-58)47(65)59-18-11-32(12-19-59)27-57-16-9-30(10-17-57)8-15-51-44-43-45(53-28-52-44)60(29-54-43)35-23-34(24-35)55-42(63)22-31-4-2-1-3-5-31/h1-5,25-26,28-30,32-35,39H,6-24,27H2,(H,55,63)(H,51,52,53)(H,56,62,64)/t34?,35?,39-/m0/s1. The number of amides is 6. The second kappa shape index (κ2) is 19.1. The molecule has 3 N–H and O–H groups in total. The monoisotopic (exact) mass is 915 g/mol. The maximum absolute atomic E-state index is 15.5. The van der Waals surface area contributed by atoms with Gasteiger partial charge in [0.1, 0.15) is 23.7 Å². The Labute approximate surface area is 388 Å². The first-order chi connectivity index (χ1) is 32.6. The van der Waals surface area contributed by atoms with Gasteiger partial charge >= 0.3 is 0 Å². The molecule has 7 heterocycles. The van der Waals surface area contributed by atoms with Gasteiger partial charge in [-0.3, -0.25) is 39.0 Å². The van der Waals surface area contributed by atoms with Crippen LogP contribution in [0.25, 0.3) is 11.2 Å². The van der Waals surface area contributed by atoms with Crippen LogP contribution in [-0.4, -0.2) is 134 Å². The quantitative estimate of drug-likeness (QED) is 0.163. The number of rotatable bonds is 13. The number of imidazole rings is 1. The lowest BCUT2D eigenvalue weighted by Crippen LogP contribution is -2.54. The molecule has 352 valence electrons. The van der Waals surface area contributed by atoms with Crippen LogP contribution in [0.3, 0.4) is 0 Å². The van der Waals surface area contributed by atoms with E-state index < -0.39 is 35.5 Å². The highest BCUT2D eigenvalue weighted by atomic mass is 19.1. The minimum absolute atomic E-state index is 0.00492. The molecule has 1 atom stereocenters. The van der Waals surface area contributed by atoms with Gasteiger partial charge in [-0.25, -0.2) is 19.3 Å². The fraction of sp³-hybridized carbons (Fsp3) is 0.531. The zero-order valence-corrected chi connectivity index (χ0v) is 37.7. The van der Waals surface area contributed by atoms with E-state index >= 15 is 4.39 Å². The van der Waals surface area contributed by atoms with E-state index in [2.05, 4.69) is 35.4 Å². The van der Waals surface area contributed by atoms with Gasteiger partial charge in [0, 0.05) is 63.7 Å². The van der Waals surface area contributed by atoms with Crippen molar-refractivity contribution in [3.63, 3.8) is 0 Å². The van der Waals surface area contributed by atoms with Crippen molar-refractivity contribution < 1.29 is 33.2 Å². The van der Waals surface area contributed by atoms with Crippen LogP contribution < -0.4 is 20.9 Å². The fourth-order valence-corrected chi connectivity index (χ4v) is 11.1. The first-order valence-electron chi connectivity index (χ1n) is 24.1. The van der Waals surface area contributed by atoms with Crippen LogP contribution in [0.2, 0.25) is 0 Å². The van der Waals surface area contributed by atoms with Crippen molar-refractivity contribution in [2.24, 2.45) is 17.8 Å². The predicted octanol–water partition coefficient (Wildman–Crippen LogP) is 4.10. The molecule has 18 heteroatoms. The van der Waals surface area contributed by atoms with Crippen molar-refractivity contribution in [3.05, 3.63) is 77.6 Å². The van der Waals surface area contributed by atoms with Gasteiger partial charge in [0.25, 0.3) is 11.8 Å². The number of fused-ring (bicyclic) bond motifs is 2. The summed E-state index contributed by atoms with van der Waals surface area (Å²) in [5.41, 5.74) is 2.76. The molecule has 5 fully saturated rings. The molecule has 17 nitrogen and oxygen atoms in total. The van der Waals surface area contributed by atoms with Crippen LogP contribution in [0.5, 0.6) is 0 Å². The number of hydrogen-bond acceptors (Lipinski definition) is 12. The summed E-state index contributed by atoms with van der Waals surface area (Å²) in [5.74, 6) is -1.22. The van der Waals surface area contributed by atoms with E-state index in [1.807, 2.05) is 46.5 Å². The average molecular weight is 916 g/mol. The third-order valence-electron chi connectivity index (χ3n) is 15.1. The van der Waals surface area contributed by atoms with Crippen LogP contribution >= 0.6 is 0 Å². The topological polar surface area (TPSA) is 195 Å². The van der Waals surface area contributed by atoms with E-state index in [0.29, 0.717) is 44.2 Å². The SMILES string of the molecule is O=C1CC[C@H](N2C(=O)c3cc(F)c(N4CCC(C(=O)N5CCC(CN6CCC(CCNc7ncnc8c7ncn8C7CC(NC(=O)Cc8ccccc8)C7)CC6)CC5)CC4)cc3C2=O)C(=O)N1. The first kappa shape index (κ1) is 44.5. The van der Waals surface area contributed by atoms with E-state index in [4.69, 9.17) is 4.98 Å². The van der Waals surface area contributed by atoms with Crippen LogP contribution in [0.4, 0.5) is 15.9 Å². The second-order valence-electron chi connectivity index (χ2n) is 19.4. The maximum Gasteiger partial charge on any atom is 0.262 e. The highest BCUT2D eigenvalue weighted by Crippen LogP contribution is 2.37. The molecule has 6 aliphatic rings. The number of halogens is 1. The van der Waals surface area contributed by atoms with Gasteiger partial charge in [-0.15, -0.1) is 0 Å². The van der Waals surface area contributed by atoms with Crippen molar-refractivity contribution in [1.82, 2.24) is 44.9 Å². The van der Waals surface area contributed by atoms with E-state index in [1.165, 1.54) is 6.07 Å². The Balaban J connectivity index is 0.622. The molecule has 5 aliphatic heterocycles. The molecule has 1 saturated carbocycles. The molecule has 0 unspecified atom stereocenters. The lowest BCUT2D eigenvalue weighted by molar-refractivity contribution is -0.138. The van der Waals surface area contributed by atoms with Gasteiger partial charge in [-0.05, 0) is 107 Å². The van der Waals surface area contributed by atoms with Gasteiger partial charge in [0.2, 0.25) is 23.6 Å². The van der Waals surface area contributed by atoms with E-state index in [9.17, 15) is 28.8 Å². The zero-order valence-electron chi connectivity index (χ0n) is 37.7. The minimum atomic E-state index is -1.12. The van der Waals surface area contributed by atoms with Crippen LogP contribution in [0.15, 0.2) is 55.1 Å². The van der Waals surface area contributed by atoms with Gasteiger partial charge in [-0.1, -0.05) is 30.3 Å². The largest absolute Gasteiger partial charge is 0.369 e. The zero-order chi connectivity index (χ0) is 46.2. The van der Waals surface area contributed by atoms with Crippen molar-refractivity contribution in [1.29, 1.82) is 0 Å². The number of benzene rings is 2. The van der Waals surface area contributed by atoms with E-state index in [0.717, 1.165) is 118 Å². The van der Waals surface area contributed by atoms with Gasteiger partial charge in [-0.2, -0.15) is 0 Å². The summed E-state index contributed by atoms with van der Waals surface area (Å²) >= 11 is 0. The lowest BCUT2D eigenvalue weighted by atomic mass is 9.86. The number of nitrogens with zero attached hydrogens (tertiary/aromatic N) is 8.